The van der Waals surface area contributed by atoms with Crippen LogP contribution < -0.4 is 15.5 Å². The molecule has 23 heavy (non-hydrogen) atoms. The molecule has 1 aromatic rings. The van der Waals surface area contributed by atoms with Gasteiger partial charge >= 0.3 is 6.03 Å². The van der Waals surface area contributed by atoms with Crippen LogP contribution in [0.4, 0.5) is 14.9 Å². The normalized spacial score (nSPS) is 14.9. The minimum atomic E-state index is -0.535. The molecule has 1 heterocycles. The van der Waals surface area contributed by atoms with Gasteiger partial charge in [-0.15, -0.1) is 0 Å². The maximum Gasteiger partial charge on any atom is 0.321 e. The maximum absolute atomic E-state index is 13.7. The Balaban J connectivity index is 1.92. The van der Waals surface area contributed by atoms with Gasteiger partial charge in [0.1, 0.15) is 17.4 Å². The molecule has 1 fully saturated rings. The molecule has 0 radical (unpaired) electrons. The van der Waals surface area contributed by atoms with E-state index in [-0.39, 0.29) is 18.0 Å². The van der Waals surface area contributed by atoms with Crippen molar-refractivity contribution in [2.24, 2.45) is 0 Å². The van der Waals surface area contributed by atoms with Crippen molar-refractivity contribution < 1.29 is 14.0 Å². The van der Waals surface area contributed by atoms with E-state index < -0.39 is 11.8 Å². The molecule has 1 saturated heterocycles. The van der Waals surface area contributed by atoms with Crippen molar-refractivity contribution in [2.45, 2.75) is 0 Å². The summed E-state index contributed by atoms with van der Waals surface area (Å²) in [5.41, 5.74) is 0.611. The van der Waals surface area contributed by atoms with Crippen molar-refractivity contribution in [1.29, 1.82) is 5.26 Å². The van der Waals surface area contributed by atoms with Gasteiger partial charge in [-0.1, -0.05) is 6.07 Å². The van der Waals surface area contributed by atoms with Gasteiger partial charge in [-0.2, -0.15) is 5.26 Å². The average molecular weight is 319 g/mol. The third-order valence-corrected chi connectivity index (χ3v) is 3.66. The zero-order valence-corrected chi connectivity index (χ0v) is 12.8. The smallest absolute Gasteiger partial charge is 0.321 e. The summed E-state index contributed by atoms with van der Waals surface area (Å²) < 4.78 is 13.7. The number of carbonyl (C=O) groups is 2. The number of carbonyl (C=O) groups excluding carboxylic acids is 2. The first-order valence-electron chi connectivity index (χ1n) is 7.22. The summed E-state index contributed by atoms with van der Waals surface area (Å²) in [5, 5.41) is 13.6. The lowest BCUT2D eigenvalue weighted by Crippen LogP contribution is -2.51. The van der Waals surface area contributed by atoms with Crippen LogP contribution in [-0.4, -0.2) is 56.6 Å². The predicted molar refractivity (Wildman–Crippen MR) is 82.4 cm³/mol. The molecule has 2 N–H and O–H groups in total. The number of nitrogens with zero attached hydrogens (tertiary/aromatic N) is 3. The van der Waals surface area contributed by atoms with Gasteiger partial charge in [0.05, 0.1) is 12.2 Å². The monoisotopic (exact) mass is 319 g/mol. The van der Waals surface area contributed by atoms with E-state index in [1.54, 1.807) is 12.1 Å². The van der Waals surface area contributed by atoms with Crippen LogP contribution in [0.1, 0.15) is 5.56 Å². The highest BCUT2D eigenvalue weighted by molar-refractivity contribution is 5.95. The highest BCUT2D eigenvalue weighted by atomic mass is 19.1. The van der Waals surface area contributed by atoms with E-state index in [1.165, 1.54) is 13.1 Å². The van der Waals surface area contributed by atoms with Crippen molar-refractivity contribution in [2.75, 3.05) is 44.7 Å². The Labute approximate surface area is 133 Å². The van der Waals surface area contributed by atoms with E-state index in [9.17, 15) is 14.0 Å². The van der Waals surface area contributed by atoms with Crippen LogP contribution in [0.2, 0.25) is 0 Å². The lowest BCUT2D eigenvalue weighted by Gasteiger charge is -2.36. The Morgan fingerprint density at radius 2 is 2.00 bits per heavy atom. The second-order valence-corrected chi connectivity index (χ2v) is 5.14. The van der Waals surface area contributed by atoms with E-state index in [0.29, 0.717) is 31.9 Å². The number of rotatable bonds is 3. The Morgan fingerprint density at radius 1 is 1.30 bits per heavy atom. The van der Waals surface area contributed by atoms with Crippen molar-refractivity contribution in [1.82, 2.24) is 15.5 Å². The number of anilines is 1. The van der Waals surface area contributed by atoms with Crippen molar-refractivity contribution in [3.8, 4) is 6.07 Å². The van der Waals surface area contributed by atoms with E-state index in [1.807, 2.05) is 15.9 Å². The molecular weight excluding hydrogens is 301 g/mol. The van der Waals surface area contributed by atoms with Gasteiger partial charge in [-0.05, 0) is 12.1 Å². The molecule has 2 rings (SSSR count). The second kappa shape index (κ2) is 7.56. The van der Waals surface area contributed by atoms with Crippen LogP contribution in [0, 0.1) is 17.1 Å². The summed E-state index contributed by atoms with van der Waals surface area (Å²) in [6.07, 6.45) is 0. The number of piperazine rings is 1. The van der Waals surface area contributed by atoms with Gasteiger partial charge in [-0.3, -0.25) is 15.0 Å². The number of urea groups is 1. The number of nitriles is 1. The minimum absolute atomic E-state index is 0.0401. The number of imide groups is 1. The van der Waals surface area contributed by atoms with Gasteiger partial charge in [-0.25, -0.2) is 9.18 Å². The number of benzene rings is 1. The van der Waals surface area contributed by atoms with Gasteiger partial charge < -0.3 is 10.2 Å². The molecule has 122 valence electrons. The third-order valence-electron chi connectivity index (χ3n) is 3.66. The lowest BCUT2D eigenvalue weighted by molar-refractivity contribution is -0.121. The molecule has 1 aliphatic heterocycles. The number of nitrogens with one attached hydrogen (secondary N) is 2. The Morgan fingerprint density at radius 3 is 2.61 bits per heavy atom. The fourth-order valence-electron chi connectivity index (χ4n) is 2.47. The Bertz CT molecular complexity index is 635. The predicted octanol–water partition coefficient (Wildman–Crippen LogP) is 0.275. The number of halogens is 1. The fraction of sp³-hybridized carbons (Fsp3) is 0.400. The Kier molecular flexibility index (Phi) is 5.49. The van der Waals surface area contributed by atoms with Crippen LogP contribution >= 0.6 is 0 Å². The van der Waals surface area contributed by atoms with Crippen LogP contribution in [0.15, 0.2) is 18.2 Å². The molecule has 1 aromatic carbocycles. The minimum Gasteiger partial charge on any atom is -0.368 e. The maximum atomic E-state index is 13.7. The zero-order valence-electron chi connectivity index (χ0n) is 12.8. The van der Waals surface area contributed by atoms with E-state index in [0.717, 1.165) is 0 Å². The van der Waals surface area contributed by atoms with E-state index in [2.05, 4.69) is 10.6 Å². The molecule has 0 aromatic heterocycles. The molecule has 0 bridgehead atoms. The van der Waals surface area contributed by atoms with E-state index in [4.69, 9.17) is 5.26 Å². The zero-order chi connectivity index (χ0) is 16.8. The summed E-state index contributed by atoms with van der Waals surface area (Å²) in [5.74, 6) is -0.904. The molecule has 0 spiro atoms. The van der Waals surface area contributed by atoms with Crippen molar-refractivity contribution in [3.63, 3.8) is 0 Å². The first-order valence-corrected chi connectivity index (χ1v) is 7.22. The Hall–Kier alpha value is -2.66. The summed E-state index contributed by atoms with van der Waals surface area (Å²) in [7, 11) is 1.44. The summed E-state index contributed by atoms with van der Waals surface area (Å²) in [6, 6.07) is 5.92. The molecule has 8 heteroatoms. The second-order valence-electron chi connectivity index (χ2n) is 5.14. The van der Waals surface area contributed by atoms with Crippen LogP contribution in [0.25, 0.3) is 0 Å². The van der Waals surface area contributed by atoms with Crippen LogP contribution in [0.3, 0.4) is 0 Å². The molecule has 0 atom stereocenters. The molecule has 0 aliphatic carbocycles. The first-order chi connectivity index (χ1) is 11.0. The highest BCUT2D eigenvalue weighted by Crippen LogP contribution is 2.23. The lowest BCUT2D eigenvalue weighted by atomic mass is 10.1. The SMILES string of the molecule is CNC(=O)NC(=O)CN1CCN(c2cccc(F)c2C#N)CC1. The number of amides is 3. The third kappa shape index (κ3) is 4.17. The average Bonchev–Trinajstić information content (AvgIpc) is 2.55. The van der Waals surface area contributed by atoms with Crippen LogP contribution in [0.5, 0.6) is 0 Å². The van der Waals surface area contributed by atoms with Gasteiger partial charge in [0.15, 0.2) is 0 Å². The topological polar surface area (TPSA) is 88.5 Å². The number of hydrogen-bond acceptors (Lipinski definition) is 5. The van der Waals surface area contributed by atoms with Gasteiger partial charge in [0, 0.05) is 33.2 Å². The summed E-state index contributed by atoms with van der Waals surface area (Å²) >= 11 is 0. The highest BCUT2D eigenvalue weighted by Gasteiger charge is 2.22. The first kappa shape index (κ1) is 16.7. The largest absolute Gasteiger partial charge is 0.368 e. The molecule has 3 amide bonds. The standard InChI is InChI=1S/C15H18FN5O2/c1-18-15(23)19-14(22)10-20-5-7-21(8-6-20)13-4-2-3-12(16)11(13)9-17/h2-4H,5-8,10H2,1H3,(H2,18,19,22,23). The molecule has 0 saturated carbocycles. The van der Waals surface area contributed by atoms with Crippen molar-refractivity contribution in [3.05, 3.63) is 29.6 Å². The fourth-order valence-corrected chi connectivity index (χ4v) is 2.47. The van der Waals surface area contributed by atoms with Gasteiger partial charge in [0.2, 0.25) is 5.91 Å². The van der Waals surface area contributed by atoms with E-state index >= 15 is 0 Å². The number of hydrogen-bond donors (Lipinski definition) is 2. The molecular formula is C15H18FN5O2. The quantitative estimate of drug-likeness (QED) is 0.835. The summed E-state index contributed by atoms with van der Waals surface area (Å²) in [6.45, 7) is 2.44. The van der Waals surface area contributed by atoms with Crippen LogP contribution in [-0.2, 0) is 4.79 Å². The van der Waals surface area contributed by atoms with Crippen molar-refractivity contribution >= 4 is 17.6 Å². The van der Waals surface area contributed by atoms with Gasteiger partial charge in [0.25, 0.3) is 0 Å². The summed E-state index contributed by atoms with van der Waals surface area (Å²) in [4.78, 5) is 26.6. The molecule has 7 nitrogen and oxygen atoms in total. The molecule has 0 unspecified atom stereocenters. The molecule has 1 aliphatic rings.